The number of halogens is 2. The first-order chi connectivity index (χ1) is 9.54. The molecule has 2 aromatic heterocycles. The SMILES string of the molecule is Cn1c(Sc2cc(Cl)cc(Cl)c2)nc2c(N)ncnc21. The van der Waals surface area contributed by atoms with Crippen LogP contribution in [-0.2, 0) is 7.05 Å². The maximum atomic E-state index is 5.99. The summed E-state index contributed by atoms with van der Waals surface area (Å²) in [4.78, 5) is 13.5. The first-order valence-corrected chi connectivity index (χ1v) is 7.18. The van der Waals surface area contributed by atoms with E-state index in [0.29, 0.717) is 27.0 Å². The number of fused-ring (bicyclic) bond motifs is 1. The number of benzene rings is 1. The molecule has 0 atom stereocenters. The minimum Gasteiger partial charge on any atom is -0.382 e. The van der Waals surface area contributed by atoms with Gasteiger partial charge in [-0.2, -0.15) is 0 Å². The lowest BCUT2D eigenvalue weighted by Crippen LogP contribution is -1.95. The molecule has 20 heavy (non-hydrogen) atoms. The molecule has 8 heteroatoms. The number of aryl methyl sites for hydroxylation is 1. The van der Waals surface area contributed by atoms with Crippen LogP contribution >= 0.6 is 35.0 Å². The van der Waals surface area contributed by atoms with E-state index in [1.165, 1.54) is 18.1 Å². The van der Waals surface area contributed by atoms with Gasteiger partial charge < -0.3 is 10.3 Å². The summed E-state index contributed by atoms with van der Waals surface area (Å²) < 4.78 is 1.85. The molecule has 0 saturated heterocycles. The van der Waals surface area contributed by atoms with Crippen molar-refractivity contribution in [2.75, 3.05) is 5.73 Å². The van der Waals surface area contributed by atoms with Gasteiger partial charge in [-0.15, -0.1) is 0 Å². The second-order valence-corrected chi connectivity index (χ2v) is 6.01. The number of aromatic nitrogens is 4. The highest BCUT2D eigenvalue weighted by Gasteiger charge is 2.13. The summed E-state index contributed by atoms with van der Waals surface area (Å²) in [5.74, 6) is 0.363. The molecule has 102 valence electrons. The molecule has 1 aromatic carbocycles. The van der Waals surface area contributed by atoms with Crippen LogP contribution in [0, 0.1) is 0 Å². The largest absolute Gasteiger partial charge is 0.382 e. The van der Waals surface area contributed by atoms with E-state index in [0.717, 1.165) is 10.1 Å². The van der Waals surface area contributed by atoms with Gasteiger partial charge in [0.1, 0.15) is 6.33 Å². The van der Waals surface area contributed by atoms with Crippen LogP contribution < -0.4 is 5.73 Å². The van der Waals surface area contributed by atoms with Gasteiger partial charge in [-0.25, -0.2) is 15.0 Å². The summed E-state index contributed by atoms with van der Waals surface area (Å²) in [5, 5.41) is 1.90. The fourth-order valence-electron chi connectivity index (χ4n) is 1.78. The first kappa shape index (κ1) is 13.5. The van der Waals surface area contributed by atoms with Gasteiger partial charge in [-0.1, -0.05) is 35.0 Å². The summed E-state index contributed by atoms with van der Waals surface area (Å²) in [5.41, 5.74) is 7.08. The van der Waals surface area contributed by atoms with Crippen molar-refractivity contribution in [3.05, 3.63) is 34.6 Å². The maximum absolute atomic E-state index is 5.99. The molecule has 0 spiro atoms. The Hall–Kier alpha value is -1.50. The molecule has 5 nitrogen and oxygen atoms in total. The third-order valence-corrected chi connectivity index (χ3v) is 4.14. The lowest BCUT2D eigenvalue weighted by molar-refractivity contribution is 0.805. The zero-order valence-corrected chi connectivity index (χ0v) is 12.7. The molecule has 0 unspecified atom stereocenters. The van der Waals surface area contributed by atoms with Crippen LogP contribution in [0.4, 0.5) is 5.82 Å². The standard InChI is InChI=1S/C12H9Cl2N5S/c1-19-11-9(10(15)16-5-17-11)18-12(19)20-8-3-6(13)2-7(14)4-8/h2-5H,1H3,(H2,15,16,17). The highest BCUT2D eigenvalue weighted by molar-refractivity contribution is 7.99. The Bertz CT molecular complexity index is 782. The van der Waals surface area contributed by atoms with Crippen molar-refractivity contribution in [1.82, 2.24) is 19.5 Å². The third-order valence-electron chi connectivity index (χ3n) is 2.69. The van der Waals surface area contributed by atoms with Crippen molar-refractivity contribution in [1.29, 1.82) is 0 Å². The second-order valence-electron chi connectivity index (χ2n) is 4.09. The van der Waals surface area contributed by atoms with Gasteiger partial charge in [-0.3, -0.25) is 0 Å². The number of hydrogen-bond donors (Lipinski definition) is 1. The van der Waals surface area contributed by atoms with E-state index in [-0.39, 0.29) is 0 Å². The molecule has 0 bridgehead atoms. The van der Waals surface area contributed by atoms with Crippen LogP contribution in [0.25, 0.3) is 11.2 Å². The molecule has 3 aromatic rings. The third kappa shape index (κ3) is 2.42. The highest BCUT2D eigenvalue weighted by Crippen LogP contribution is 2.33. The summed E-state index contributed by atoms with van der Waals surface area (Å²) in [6, 6.07) is 5.34. The summed E-state index contributed by atoms with van der Waals surface area (Å²) in [7, 11) is 1.87. The van der Waals surface area contributed by atoms with E-state index < -0.39 is 0 Å². The minimum absolute atomic E-state index is 0.363. The van der Waals surface area contributed by atoms with E-state index >= 15 is 0 Å². The Balaban J connectivity index is 2.06. The van der Waals surface area contributed by atoms with Gasteiger partial charge in [0.2, 0.25) is 0 Å². The number of hydrogen-bond acceptors (Lipinski definition) is 5. The summed E-state index contributed by atoms with van der Waals surface area (Å²) in [6.45, 7) is 0. The van der Waals surface area contributed by atoms with Crippen LogP contribution in [0.5, 0.6) is 0 Å². The van der Waals surface area contributed by atoms with E-state index in [1.807, 2.05) is 23.7 Å². The predicted octanol–water partition coefficient (Wildman–Crippen LogP) is 3.40. The van der Waals surface area contributed by atoms with Crippen molar-refractivity contribution >= 4 is 51.9 Å². The van der Waals surface area contributed by atoms with Gasteiger partial charge in [0.15, 0.2) is 22.1 Å². The molecule has 2 N–H and O–H groups in total. The van der Waals surface area contributed by atoms with Crippen LogP contribution in [0.3, 0.4) is 0 Å². The molecule has 0 aliphatic carbocycles. The quantitative estimate of drug-likeness (QED) is 0.781. The Kier molecular flexibility index (Phi) is 3.45. The lowest BCUT2D eigenvalue weighted by atomic mass is 10.4. The van der Waals surface area contributed by atoms with Crippen LogP contribution in [-0.4, -0.2) is 19.5 Å². The first-order valence-electron chi connectivity index (χ1n) is 5.61. The minimum atomic E-state index is 0.363. The molecule has 0 fully saturated rings. The Labute approximate surface area is 129 Å². The summed E-state index contributed by atoms with van der Waals surface area (Å²) >= 11 is 13.4. The zero-order chi connectivity index (χ0) is 14.3. The van der Waals surface area contributed by atoms with Gasteiger partial charge in [0, 0.05) is 22.0 Å². The van der Waals surface area contributed by atoms with Crippen LogP contribution in [0.15, 0.2) is 34.6 Å². The molecular weight excluding hydrogens is 317 g/mol. The Morgan fingerprint density at radius 3 is 2.50 bits per heavy atom. The van der Waals surface area contributed by atoms with Crippen molar-refractivity contribution in [3.63, 3.8) is 0 Å². The van der Waals surface area contributed by atoms with Gasteiger partial charge in [-0.05, 0) is 18.2 Å². The number of anilines is 1. The Morgan fingerprint density at radius 1 is 1.15 bits per heavy atom. The van der Waals surface area contributed by atoms with Gasteiger partial charge in [0.05, 0.1) is 0 Å². The predicted molar refractivity (Wildman–Crippen MR) is 81.3 cm³/mol. The molecule has 3 rings (SSSR count). The van der Waals surface area contributed by atoms with Crippen molar-refractivity contribution in [2.45, 2.75) is 10.1 Å². The van der Waals surface area contributed by atoms with Crippen LogP contribution in [0.2, 0.25) is 10.0 Å². The fraction of sp³-hybridized carbons (Fsp3) is 0.0833. The van der Waals surface area contributed by atoms with Crippen molar-refractivity contribution in [2.24, 2.45) is 7.05 Å². The number of rotatable bonds is 2. The molecule has 0 aliphatic rings. The number of nitrogens with two attached hydrogens (primary N) is 1. The monoisotopic (exact) mass is 325 g/mol. The zero-order valence-electron chi connectivity index (χ0n) is 10.3. The van der Waals surface area contributed by atoms with Crippen molar-refractivity contribution < 1.29 is 0 Å². The topological polar surface area (TPSA) is 69.6 Å². The average Bonchev–Trinajstić information content (AvgIpc) is 2.67. The molecule has 0 aliphatic heterocycles. The maximum Gasteiger partial charge on any atom is 0.175 e. The summed E-state index contributed by atoms with van der Waals surface area (Å²) in [6.07, 6.45) is 1.42. The number of nitrogens with zero attached hydrogens (tertiary/aromatic N) is 4. The molecule has 2 heterocycles. The lowest BCUT2D eigenvalue weighted by Gasteiger charge is -2.03. The Morgan fingerprint density at radius 2 is 1.85 bits per heavy atom. The number of nitrogen functional groups attached to an aromatic ring is 1. The molecular formula is C12H9Cl2N5S. The van der Waals surface area contributed by atoms with Gasteiger partial charge in [0.25, 0.3) is 0 Å². The van der Waals surface area contributed by atoms with Crippen LogP contribution in [0.1, 0.15) is 0 Å². The smallest absolute Gasteiger partial charge is 0.175 e. The molecule has 0 saturated carbocycles. The van der Waals surface area contributed by atoms with E-state index in [2.05, 4.69) is 15.0 Å². The van der Waals surface area contributed by atoms with E-state index in [1.54, 1.807) is 6.07 Å². The van der Waals surface area contributed by atoms with Crippen molar-refractivity contribution in [3.8, 4) is 0 Å². The molecule has 0 radical (unpaired) electrons. The normalized spacial score (nSPS) is 11.2. The van der Waals surface area contributed by atoms with Gasteiger partial charge >= 0.3 is 0 Å². The van der Waals surface area contributed by atoms with E-state index in [4.69, 9.17) is 28.9 Å². The molecule has 0 amide bonds. The van der Waals surface area contributed by atoms with E-state index in [9.17, 15) is 0 Å². The average molecular weight is 326 g/mol. The fourth-order valence-corrected chi connectivity index (χ4v) is 3.38. The number of imidazole rings is 1. The highest BCUT2D eigenvalue weighted by atomic mass is 35.5. The second kappa shape index (κ2) is 5.12.